The second-order valence-electron chi connectivity index (χ2n) is 4.56. The zero-order valence-electron chi connectivity index (χ0n) is 10.5. The highest BCUT2D eigenvalue weighted by Gasteiger charge is 2.14. The Kier molecular flexibility index (Phi) is 3.91. The van der Waals surface area contributed by atoms with Crippen LogP contribution in [-0.4, -0.2) is 42.3 Å². The molecule has 1 aromatic rings. The van der Waals surface area contributed by atoms with Gasteiger partial charge in [-0.05, 0) is 25.8 Å². The second-order valence-corrected chi connectivity index (χ2v) is 4.56. The van der Waals surface area contributed by atoms with Crippen LogP contribution < -0.4 is 10.6 Å². The zero-order valence-corrected chi connectivity index (χ0v) is 10.5. The molecule has 94 valence electrons. The molecule has 0 aromatic carbocycles. The van der Waals surface area contributed by atoms with Crippen LogP contribution in [-0.2, 0) is 11.2 Å². The van der Waals surface area contributed by atoms with Crippen LogP contribution in [0.5, 0.6) is 0 Å². The third-order valence-corrected chi connectivity index (χ3v) is 2.90. The first-order valence-electron chi connectivity index (χ1n) is 6.07. The Morgan fingerprint density at radius 3 is 2.76 bits per heavy atom. The van der Waals surface area contributed by atoms with Gasteiger partial charge in [0.2, 0.25) is 5.95 Å². The van der Waals surface area contributed by atoms with Crippen LogP contribution in [0.15, 0.2) is 6.20 Å². The van der Waals surface area contributed by atoms with Crippen molar-refractivity contribution in [2.45, 2.75) is 26.3 Å². The van der Waals surface area contributed by atoms with Crippen molar-refractivity contribution in [2.24, 2.45) is 5.73 Å². The van der Waals surface area contributed by atoms with Crippen LogP contribution in [0.2, 0.25) is 0 Å². The minimum Gasteiger partial charge on any atom is -0.378 e. The predicted molar refractivity (Wildman–Crippen MR) is 67.2 cm³/mol. The first-order chi connectivity index (χ1) is 8.16. The molecule has 5 nitrogen and oxygen atoms in total. The van der Waals surface area contributed by atoms with Crippen molar-refractivity contribution >= 4 is 5.95 Å². The topological polar surface area (TPSA) is 64.3 Å². The molecule has 0 amide bonds. The van der Waals surface area contributed by atoms with Gasteiger partial charge in [0, 0.05) is 31.0 Å². The molecule has 1 fully saturated rings. The molecule has 0 saturated carbocycles. The first-order valence-corrected chi connectivity index (χ1v) is 6.07. The Bertz CT molecular complexity index is 375. The summed E-state index contributed by atoms with van der Waals surface area (Å²) in [5.41, 5.74) is 7.95. The second kappa shape index (κ2) is 5.42. The average Bonchev–Trinajstić information content (AvgIpc) is 2.32. The lowest BCUT2D eigenvalue weighted by Gasteiger charge is -2.27. The Balaban J connectivity index is 2.12. The van der Waals surface area contributed by atoms with Gasteiger partial charge in [-0.25, -0.2) is 9.97 Å². The summed E-state index contributed by atoms with van der Waals surface area (Å²) in [7, 11) is 0. The number of morpholine rings is 1. The lowest BCUT2D eigenvalue weighted by Crippen LogP contribution is -2.37. The van der Waals surface area contributed by atoms with Gasteiger partial charge in [0.15, 0.2) is 0 Å². The van der Waals surface area contributed by atoms with Gasteiger partial charge in [-0.15, -0.1) is 0 Å². The lowest BCUT2D eigenvalue weighted by atomic mass is 10.1. The van der Waals surface area contributed by atoms with Crippen LogP contribution in [0.1, 0.15) is 18.2 Å². The number of rotatable bonds is 3. The minimum atomic E-state index is 0.145. The standard InChI is InChI=1S/C12H20N4O/c1-9(13)7-11-8-14-12(15-10(11)2)16-3-5-17-6-4-16/h8-9H,3-7,13H2,1-2H3. The number of aryl methyl sites for hydroxylation is 1. The van der Waals surface area contributed by atoms with Crippen LogP contribution in [0.25, 0.3) is 0 Å². The van der Waals surface area contributed by atoms with Crippen molar-refractivity contribution in [1.82, 2.24) is 9.97 Å². The quantitative estimate of drug-likeness (QED) is 0.828. The maximum absolute atomic E-state index is 5.79. The van der Waals surface area contributed by atoms with Gasteiger partial charge in [-0.1, -0.05) is 0 Å². The molecule has 2 N–H and O–H groups in total. The number of anilines is 1. The summed E-state index contributed by atoms with van der Waals surface area (Å²) in [6.07, 6.45) is 2.73. The molecule has 0 spiro atoms. The van der Waals surface area contributed by atoms with Gasteiger partial charge < -0.3 is 15.4 Å². The van der Waals surface area contributed by atoms with Gasteiger partial charge in [-0.2, -0.15) is 0 Å². The molecule has 1 aliphatic heterocycles. The highest BCUT2D eigenvalue weighted by Crippen LogP contribution is 2.13. The highest BCUT2D eigenvalue weighted by molar-refractivity contribution is 5.33. The molecule has 1 aromatic heterocycles. The summed E-state index contributed by atoms with van der Waals surface area (Å²) in [5.74, 6) is 0.805. The third kappa shape index (κ3) is 3.14. The summed E-state index contributed by atoms with van der Waals surface area (Å²) >= 11 is 0. The maximum atomic E-state index is 5.79. The molecule has 1 unspecified atom stereocenters. The Morgan fingerprint density at radius 1 is 1.47 bits per heavy atom. The van der Waals surface area contributed by atoms with Crippen LogP contribution in [0, 0.1) is 6.92 Å². The maximum Gasteiger partial charge on any atom is 0.225 e. The molecule has 1 aliphatic rings. The van der Waals surface area contributed by atoms with E-state index in [-0.39, 0.29) is 6.04 Å². The van der Waals surface area contributed by atoms with E-state index in [1.54, 1.807) is 0 Å². The van der Waals surface area contributed by atoms with Gasteiger partial charge >= 0.3 is 0 Å². The zero-order chi connectivity index (χ0) is 12.3. The van der Waals surface area contributed by atoms with Crippen LogP contribution in [0.4, 0.5) is 5.95 Å². The molecule has 1 atom stereocenters. The van der Waals surface area contributed by atoms with Gasteiger partial charge in [0.25, 0.3) is 0 Å². The van der Waals surface area contributed by atoms with Crippen molar-refractivity contribution in [1.29, 1.82) is 0 Å². The Hall–Kier alpha value is -1.20. The SMILES string of the molecule is Cc1nc(N2CCOCC2)ncc1CC(C)N. The highest BCUT2D eigenvalue weighted by atomic mass is 16.5. The lowest BCUT2D eigenvalue weighted by molar-refractivity contribution is 0.122. The van der Waals surface area contributed by atoms with Crippen molar-refractivity contribution in [2.75, 3.05) is 31.2 Å². The first kappa shape index (κ1) is 12.3. The number of aromatic nitrogens is 2. The van der Waals surface area contributed by atoms with Crippen molar-refractivity contribution in [3.05, 3.63) is 17.5 Å². The molecule has 0 aliphatic carbocycles. The summed E-state index contributed by atoms with van der Waals surface area (Å²) < 4.78 is 5.31. The largest absolute Gasteiger partial charge is 0.378 e. The fourth-order valence-corrected chi connectivity index (χ4v) is 1.94. The molecule has 2 heterocycles. The number of hydrogen-bond acceptors (Lipinski definition) is 5. The van der Waals surface area contributed by atoms with Gasteiger partial charge in [0.05, 0.1) is 13.2 Å². The van der Waals surface area contributed by atoms with Crippen molar-refractivity contribution in [3.63, 3.8) is 0 Å². The van der Waals surface area contributed by atoms with E-state index >= 15 is 0 Å². The van der Waals surface area contributed by atoms with E-state index in [1.165, 1.54) is 0 Å². The van der Waals surface area contributed by atoms with Crippen LogP contribution in [0.3, 0.4) is 0 Å². The molecular formula is C12H20N4O. The van der Waals surface area contributed by atoms with E-state index in [2.05, 4.69) is 14.9 Å². The summed E-state index contributed by atoms with van der Waals surface area (Å²) in [5, 5.41) is 0. The molecule has 17 heavy (non-hydrogen) atoms. The summed E-state index contributed by atoms with van der Waals surface area (Å²) in [6, 6.07) is 0.145. The minimum absolute atomic E-state index is 0.145. The molecule has 0 radical (unpaired) electrons. The monoisotopic (exact) mass is 236 g/mol. The number of hydrogen-bond donors (Lipinski definition) is 1. The van der Waals surface area contributed by atoms with E-state index in [0.717, 1.165) is 49.9 Å². The Morgan fingerprint density at radius 2 is 2.18 bits per heavy atom. The smallest absolute Gasteiger partial charge is 0.225 e. The fourth-order valence-electron chi connectivity index (χ4n) is 1.94. The molecule has 1 saturated heterocycles. The molecule has 2 rings (SSSR count). The molecule has 5 heteroatoms. The van der Waals surface area contributed by atoms with Crippen molar-refractivity contribution < 1.29 is 4.74 Å². The summed E-state index contributed by atoms with van der Waals surface area (Å²) in [4.78, 5) is 11.1. The summed E-state index contributed by atoms with van der Waals surface area (Å²) in [6.45, 7) is 7.25. The molecule has 0 bridgehead atoms. The normalized spacial score (nSPS) is 18.2. The van der Waals surface area contributed by atoms with Gasteiger partial charge in [0.1, 0.15) is 0 Å². The van der Waals surface area contributed by atoms with E-state index in [1.807, 2.05) is 20.0 Å². The number of ether oxygens (including phenoxy) is 1. The molecular weight excluding hydrogens is 216 g/mol. The Labute approximate surface area is 102 Å². The van der Waals surface area contributed by atoms with E-state index in [9.17, 15) is 0 Å². The van der Waals surface area contributed by atoms with E-state index in [4.69, 9.17) is 10.5 Å². The van der Waals surface area contributed by atoms with Crippen molar-refractivity contribution in [3.8, 4) is 0 Å². The number of nitrogens with zero attached hydrogens (tertiary/aromatic N) is 3. The third-order valence-electron chi connectivity index (χ3n) is 2.90. The van der Waals surface area contributed by atoms with Crippen LogP contribution >= 0.6 is 0 Å². The van der Waals surface area contributed by atoms with Gasteiger partial charge in [-0.3, -0.25) is 0 Å². The predicted octanol–water partition coefficient (Wildman–Crippen LogP) is 0.511. The van der Waals surface area contributed by atoms with E-state index in [0.29, 0.717) is 0 Å². The fraction of sp³-hybridized carbons (Fsp3) is 0.667. The van der Waals surface area contributed by atoms with E-state index < -0.39 is 0 Å². The number of nitrogens with two attached hydrogens (primary N) is 1. The average molecular weight is 236 g/mol.